The molecule has 5 heteroatoms. The highest BCUT2D eigenvalue weighted by Crippen LogP contribution is 2.07. The van der Waals surface area contributed by atoms with Crippen LogP contribution in [0.3, 0.4) is 0 Å². The fraction of sp³-hybridized carbons (Fsp3) is 0.778. The van der Waals surface area contributed by atoms with Gasteiger partial charge < -0.3 is 15.5 Å². The number of rotatable bonds is 3. The quantitative estimate of drug-likeness (QED) is 0.512. The predicted octanol–water partition coefficient (Wildman–Crippen LogP) is -0.0400. The van der Waals surface area contributed by atoms with Gasteiger partial charge in [0, 0.05) is 39.4 Å². The Kier molecular flexibility index (Phi) is 4.39. The van der Waals surface area contributed by atoms with E-state index in [0.29, 0.717) is 13.2 Å². The van der Waals surface area contributed by atoms with E-state index in [9.17, 15) is 4.79 Å². The molecule has 0 aromatic carbocycles. The lowest BCUT2D eigenvalue weighted by molar-refractivity contribution is -0.128. The number of carbonyl (C=O) groups is 1. The molecule has 0 bridgehead atoms. The average Bonchev–Trinajstić information content (AvgIpc) is 2.19. The largest absolute Gasteiger partial charge is 0.395 e. The van der Waals surface area contributed by atoms with Crippen LogP contribution in [0.4, 0.5) is 0 Å². The summed E-state index contributed by atoms with van der Waals surface area (Å²) in [5.41, 5.74) is 6.28. The van der Waals surface area contributed by atoms with Gasteiger partial charge in [-0.2, -0.15) is 0 Å². The molecule has 1 aliphatic heterocycles. The fourth-order valence-electron chi connectivity index (χ4n) is 1.36. The highest BCUT2D eigenvalue weighted by molar-refractivity contribution is 5.86. The van der Waals surface area contributed by atoms with Crippen molar-refractivity contribution >= 4 is 11.6 Å². The van der Waals surface area contributed by atoms with E-state index in [4.69, 9.17) is 10.6 Å². The van der Waals surface area contributed by atoms with Crippen LogP contribution in [0.5, 0.6) is 0 Å². The fourth-order valence-corrected chi connectivity index (χ4v) is 1.36. The molecule has 0 aromatic rings. The number of hydrogen-bond donors (Lipinski definition) is 1. The molecule has 1 fully saturated rings. The minimum atomic E-state index is 0.131. The van der Waals surface area contributed by atoms with Crippen molar-refractivity contribution in [1.82, 2.24) is 4.90 Å². The van der Waals surface area contributed by atoms with E-state index in [1.54, 1.807) is 6.92 Å². The van der Waals surface area contributed by atoms with Crippen LogP contribution in [0.15, 0.2) is 5.16 Å². The summed E-state index contributed by atoms with van der Waals surface area (Å²) in [5, 5.41) is 3.97. The Labute approximate surface area is 83.9 Å². The summed E-state index contributed by atoms with van der Waals surface area (Å²) in [5.74, 6) is 0.131. The zero-order valence-corrected chi connectivity index (χ0v) is 8.53. The molecule has 1 saturated heterocycles. The number of piperidine rings is 1. The van der Waals surface area contributed by atoms with Gasteiger partial charge in [-0.25, -0.2) is 0 Å². The van der Waals surface area contributed by atoms with Crippen molar-refractivity contribution in [2.24, 2.45) is 10.9 Å². The molecular formula is C9H17N3O2. The van der Waals surface area contributed by atoms with E-state index in [1.165, 1.54) is 0 Å². The first-order valence-electron chi connectivity index (χ1n) is 4.87. The molecule has 5 nitrogen and oxygen atoms in total. The Morgan fingerprint density at radius 1 is 1.57 bits per heavy atom. The lowest BCUT2D eigenvalue weighted by atomic mass is 10.1. The summed E-state index contributed by atoms with van der Waals surface area (Å²) in [6, 6.07) is 0. The summed E-state index contributed by atoms with van der Waals surface area (Å²) in [7, 11) is 0. The maximum absolute atomic E-state index is 11.0. The number of carbonyl (C=O) groups excluding carboxylic acids is 1. The molecular weight excluding hydrogens is 182 g/mol. The molecule has 1 amide bonds. The van der Waals surface area contributed by atoms with Gasteiger partial charge in [0.25, 0.3) is 0 Å². The predicted molar refractivity (Wildman–Crippen MR) is 53.9 cm³/mol. The van der Waals surface area contributed by atoms with Crippen molar-refractivity contribution in [2.45, 2.75) is 19.8 Å². The Bertz CT molecular complexity index is 218. The highest BCUT2D eigenvalue weighted by Gasteiger charge is 2.16. The summed E-state index contributed by atoms with van der Waals surface area (Å²) in [4.78, 5) is 17.8. The van der Waals surface area contributed by atoms with Crippen molar-refractivity contribution in [3.05, 3.63) is 0 Å². The summed E-state index contributed by atoms with van der Waals surface area (Å²) in [6.45, 7) is 4.03. The molecule has 1 heterocycles. The normalized spacial score (nSPS) is 16.7. The molecule has 0 saturated carbocycles. The minimum absolute atomic E-state index is 0.131. The third kappa shape index (κ3) is 3.33. The zero-order chi connectivity index (χ0) is 10.4. The van der Waals surface area contributed by atoms with Crippen molar-refractivity contribution in [3.8, 4) is 0 Å². The van der Waals surface area contributed by atoms with Crippen LogP contribution in [-0.2, 0) is 9.63 Å². The second-order valence-electron chi connectivity index (χ2n) is 3.29. The van der Waals surface area contributed by atoms with Crippen LogP contribution in [-0.4, -0.2) is 42.8 Å². The standard InChI is InChI=1S/C9H17N3O2/c1-8(13)12-5-2-9(3-6-12)11-14-7-4-10/h2-7,10H2,1H3. The van der Waals surface area contributed by atoms with E-state index < -0.39 is 0 Å². The van der Waals surface area contributed by atoms with Gasteiger partial charge in [0.2, 0.25) is 5.91 Å². The highest BCUT2D eigenvalue weighted by atomic mass is 16.6. The molecule has 0 atom stereocenters. The molecule has 2 N–H and O–H groups in total. The number of nitrogens with zero attached hydrogens (tertiary/aromatic N) is 2. The van der Waals surface area contributed by atoms with Gasteiger partial charge in [0.1, 0.15) is 6.61 Å². The van der Waals surface area contributed by atoms with Crippen molar-refractivity contribution < 1.29 is 9.63 Å². The molecule has 0 radical (unpaired) electrons. The molecule has 0 aliphatic carbocycles. The first-order chi connectivity index (χ1) is 6.74. The smallest absolute Gasteiger partial charge is 0.219 e. The molecule has 0 spiro atoms. The van der Waals surface area contributed by atoms with Gasteiger partial charge >= 0.3 is 0 Å². The maximum atomic E-state index is 11.0. The third-order valence-electron chi connectivity index (χ3n) is 2.19. The molecule has 0 unspecified atom stereocenters. The second kappa shape index (κ2) is 5.59. The van der Waals surface area contributed by atoms with E-state index in [0.717, 1.165) is 31.6 Å². The summed E-state index contributed by atoms with van der Waals surface area (Å²) in [6.07, 6.45) is 1.62. The molecule has 1 aliphatic rings. The van der Waals surface area contributed by atoms with E-state index in [-0.39, 0.29) is 5.91 Å². The van der Waals surface area contributed by atoms with Crippen molar-refractivity contribution in [3.63, 3.8) is 0 Å². The van der Waals surface area contributed by atoms with Crippen LogP contribution in [0.25, 0.3) is 0 Å². The zero-order valence-electron chi connectivity index (χ0n) is 8.53. The van der Waals surface area contributed by atoms with Crippen LogP contribution < -0.4 is 5.73 Å². The van der Waals surface area contributed by atoms with Crippen LogP contribution >= 0.6 is 0 Å². The van der Waals surface area contributed by atoms with Crippen molar-refractivity contribution in [1.29, 1.82) is 0 Å². The van der Waals surface area contributed by atoms with Gasteiger partial charge in [0.15, 0.2) is 0 Å². The van der Waals surface area contributed by atoms with Gasteiger partial charge in [0.05, 0.1) is 5.71 Å². The Morgan fingerprint density at radius 2 is 2.21 bits per heavy atom. The van der Waals surface area contributed by atoms with Crippen molar-refractivity contribution in [2.75, 3.05) is 26.2 Å². The molecule has 80 valence electrons. The van der Waals surface area contributed by atoms with E-state index in [2.05, 4.69) is 5.16 Å². The number of nitrogens with two attached hydrogens (primary N) is 1. The summed E-state index contributed by atoms with van der Waals surface area (Å²) < 4.78 is 0. The van der Waals surface area contributed by atoms with Gasteiger partial charge in [-0.15, -0.1) is 0 Å². The molecule has 14 heavy (non-hydrogen) atoms. The summed E-state index contributed by atoms with van der Waals surface area (Å²) >= 11 is 0. The Morgan fingerprint density at radius 3 is 2.71 bits per heavy atom. The first kappa shape index (κ1) is 11.0. The number of likely N-dealkylation sites (tertiary alicyclic amines) is 1. The molecule has 1 rings (SSSR count). The van der Waals surface area contributed by atoms with Gasteiger partial charge in [-0.3, -0.25) is 4.79 Å². The first-order valence-corrected chi connectivity index (χ1v) is 4.87. The van der Waals surface area contributed by atoms with Gasteiger partial charge in [-0.05, 0) is 0 Å². The second-order valence-corrected chi connectivity index (χ2v) is 3.29. The Balaban J connectivity index is 2.28. The monoisotopic (exact) mass is 199 g/mol. The topological polar surface area (TPSA) is 67.9 Å². The van der Waals surface area contributed by atoms with Crippen LogP contribution in [0.2, 0.25) is 0 Å². The number of oxime groups is 1. The SMILES string of the molecule is CC(=O)N1CCC(=NOCCN)CC1. The van der Waals surface area contributed by atoms with E-state index >= 15 is 0 Å². The average molecular weight is 199 g/mol. The number of hydrogen-bond acceptors (Lipinski definition) is 4. The number of amides is 1. The molecule has 0 aromatic heterocycles. The Hall–Kier alpha value is -1.10. The van der Waals surface area contributed by atoms with Crippen LogP contribution in [0.1, 0.15) is 19.8 Å². The van der Waals surface area contributed by atoms with Gasteiger partial charge in [-0.1, -0.05) is 5.16 Å². The van der Waals surface area contributed by atoms with E-state index in [1.807, 2.05) is 4.90 Å². The maximum Gasteiger partial charge on any atom is 0.219 e. The third-order valence-corrected chi connectivity index (χ3v) is 2.19. The lowest BCUT2D eigenvalue weighted by Crippen LogP contribution is -2.37. The minimum Gasteiger partial charge on any atom is -0.395 e. The lowest BCUT2D eigenvalue weighted by Gasteiger charge is -2.26. The van der Waals surface area contributed by atoms with Crippen LogP contribution in [0, 0.1) is 0 Å².